The van der Waals surface area contributed by atoms with E-state index in [0.717, 1.165) is 32.1 Å². The fraction of sp³-hybridized carbons (Fsp3) is 0.824. The van der Waals surface area contributed by atoms with Gasteiger partial charge in [-0.2, -0.15) is 0 Å². The van der Waals surface area contributed by atoms with Crippen molar-refractivity contribution in [3.05, 3.63) is 16.1 Å². The van der Waals surface area contributed by atoms with Crippen molar-refractivity contribution in [3.63, 3.8) is 0 Å². The molecule has 1 rings (SSSR count). The summed E-state index contributed by atoms with van der Waals surface area (Å²) in [6.07, 6.45) is 2.54. The quantitative estimate of drug-likeness (QED) is 0.665. The topological polar surface area (TPSA) is 28.2 Å². The average Bonchev–Trinajstić information content (AvgIpc) is 2.90. The number of aromatic nitrogens is 1. The van der Waals surface area contributed by atoms with Crippen LogP contribution in [0.15, 0.2) is 5.38 Å². The van der Waals surface area contributed by atoms with E-state index in [2.05, 4.69) is 50.2 Å². The van der Waals surface area contributed by atoms with Gasteiger partial charge in [-0.25, -0.2) is 4.98 Å². The van der Waals surface area contributed by atoms with Crippen molar-refractivity contribution in [2.75, 3.05) is 19.6 Å². The highest BCUT2D eigenvalue weighted by Gasteiger charge is 2.12. The van der Waals surface area contributed by atoms with Crippen LogP contribution in [0.1, 0.15) is 58.2 Å². The zero-order valence-electron chi connectivity index (χ0n) is 14.5. The molecule has 0 aromatic carbocycles. The number of thiazole rings is 1. The molecule has 1 N–H and O–H groups in total. The molecular formula is C17H33N3S. The van der Waals surface area contributed by atoms with Crippen molar-refractivity contribution < 1.29 is 0 Å². The molecule has 0 spiro atoms. The zero-order chi connectivity index (χ0) is 15.7. The van der Waals surface area contributed by atoms with Gasteiger partial charge in [0.2, 0.25) is 0 Å². The fourth-order valence-corrected chi connectivity index (χ4v) is 3.17. The highest BCUT2D eigenvalue weighted by Crippen LogP contribution is 2.15. The van der Waals surface area contributed by atoms with Crippen LogP contribution in [0.4, 0.5) is 0 Å². The van der Waals surface area contributed by atoms with Crippen molar-refractivity contribution in [2.45, 2.75) is 60.5 Å². The van der Waals surface area contributed by atoms with Crippen LogP contribution in [0.5, 0.6) is 0 Å². The summed E-state index contributed by atoms with van der Waals surface area (Å²) < 4.78 is 0. The third kappa shape index (κ3) is 7.39. The molecule has 0 fully saturated rings. The molecule has 122 valence electrons. The van der Waals surface area contributed by atoms with E-state index >= 15 is 0 Å². The molecule has 0 amide bonds. The number of nitrogens with zero attached hydrogens (tertiary/aromatic N) is 2. The smallest absolute Gasteiger partial charge is 0.107 e. The number of nitrogens with one attached hydrogen (secondary N) is 1. The summed E-state index contributed by atoms with van der Waals surface area (Å²) in [7, 11) is 0. The molecule has 0 saturated heterocycles. The van der Waals surface area contributed by atoms with Gasteiger partial charge in [0, 0.05) is 25.0 Å². The number of hydrogen-bond acceptors (Lipinski definition) is 4. The van der Waals surface area contributed by atoms with E-state index in [1.807, 2.05) is 0 Å². The number of hydrogen-bond donors (Lipinski definition) is 1. The summed E-state index contributed by atoms with van der Waals surface area (Å²) in [5, 5.41) is 6.90. The van der Waals surface area contributed by atoms with E-state index in [9.17, 15) is 0 Å². The normalized spacial score (nSPS) is 12.0. The maximum absolute atomic E-state index is 4.77. The Kier molecular flexibility index (Phi) is 9.13. The first-order valence-corrected chi connectivity index (χ1v) is 9.33. The molecule has 21 heavy (non-hydrogen) atoms. The van der Waals surface area contributed by atoms with Crippen molar-refractivity contribution in [3.8, 4) is 0 Å². The second kappa shape index (κ2) is 10.3. The van der Waals surface area contributed by atoms with Gasteiger partial charge in [-0.05, 0) is 24.9 Å². The van der Waals surface area contributed by atoms with Gasteiger partial charge in [0.25, 0.3) is 0 Å². The van der Waals surface area contributed by atoms with Crippen LogP contribution in [-0.4, -0.2) is 29.5 Å². The molecule has 0 radical (unpaired) electrons. The molecule has 4 heteroatoms. The van der Waals surface area contributed by atoms with Gasteiger partial charge in [-0.15, -0.1) is 11.3 Å². The minimum atomic E-state index is 0.694. The summed E-state index contributed by atoms with van der Waals surface area (Å²) in [4.78, 5) is 7.29. The van der Waals surface area contributed by atoms with Crippen LogP contribution < -0.4 is 5.32 Å². The predicted molar refractivity (Wildman–Crippen MR) is 93.7 cm³/mol. The van der Waals surface area contributed by atoms with Gasteiger partial charge < -0.3 is 5.32 Å². The van der Waals surface area contributed by atoms with Crippen molar-refractivity contribution in [1.82, 2.24) is 15.2 Å². The van der Waals surface area contributed by atoms with Gasteiger partial charge in [-0.1, -0.05) is 47.5 Å². The Morgan fingerprint density at radius 2 is 1.95 bits per heavy atom. The van der Waals surface area contributed by atoms with Gasteiger partial charge in [-0.3, -0.25) is 4.90 Å². The van der Waals surface area contributed by atoms with Crippen LogP contribution in [0.25, 0.3) is 0 Å². The molecule has 0 bridgehead atoms. The van der Waals surface area contributed by atoms with E-state index in [-0.39, 0.29) is 0 Å². The van der Waals surface area contributed by atoms with Crippen LogP contribution in [-0.2, 0) is 13.1 Å². The van der Waals surface area contributed by atoms with E-state index in [4.69, 9.17) is 4.98 Å². The lowest BCUT2D eigenvalue weighted by Crippen LogP contribution is -2.29. The molecule has 0 aliphatic carbocycles. The maximum Gasteiger partial charge on any atom is 0.107 e. The Bertz CT molecular complexity index is 372. The van der Waals surface area contributed by atoms with Crippen molar-refractivity contribution in [2.24, 2.45) is 11.8 Å². The van der Waals surface area contributed by atoms with Crippen molar-refractivity contribution in [1.29, 1.82) is 0 Å². The van der Waals surface area contributed by atoms with Gasteiger partial charge in [0.1, 0.15) is 5.01 Å². The standard InChI is InChI=1S/C17H33N3S/c1-6-15(7-2)11-20(8-3)12-16-13-21-17(19-16)10-18-9-14(4)5/h13-15,18H,6-12H2,1-5H3. The lowest BCUT2D eigenvalue weighted by molar-refractivity contribution is 0.224. The molecule has 3 nitrogen and oxygen atoms in total. The molecule has 1 aromatic heterocycles. The first-order valence-electron chi connectivity index (χ1n) is 8.45. The first-order chi connectivity index (χ1) is 10.1. The fourth-order valence-electron chi connectivity index (χ4n) is 2.42. The van der Waals surface area contributed by atoms with Crippen LogP contribution in [0, 0.1) is 11.8 Å². The third-order valence-electron chi connectivity index (χ3n) is 3.93. The molecule has 0 aliphatic heterocycles. The van der Waals surface area contributed by atoms with Crippen molar-refractivity contribution >= 4 is 11.3 Å². The zero-order valence-corrected chi connectivity index (χ0v) is 15.3. The first kappa shape index (κ1) is 18.6. The Labute approximate surface area is 135 Å². The molecule has 1 heterocycles. The Balaban J connectivity index is 2.44. The summed E-state index contributed by atoms with van der Waals surface area (Å²) in [6.45, 7) is 16.6. The summed E-state index contributed by atoms with van der Waals surface area (Å²) >= 11 is 1.78. The highest BCUT2D eigenvalue weighted by atomic mass is 32.1. The van der Waals surface area contributed by atoms with E-state index < -0.39 is 0 Å². The number of rotatable bonds is 11. The SMILES string of the molecule is CCC(CC)CN(CC)Cc1csc(CNCC(C)C)n1. The van der Waals surface area contributed by atoms with Gasteiger partial charge >= 0.3 is 0 Å². The predicted octanol–water partition coefficient (Wildman–Crippen LogP) is 4.15. The molecular weight excluding hydrogens is 278 g/mol. The van der Waals surface area contributed by atoms with Crippen LogP contribution >= 0.6 is 11.3 Å². The monoisotopic (exact) mass is 311 g/mol. The average molecular weight is 312 g/mol. The van der Waals surface area contributed by atoms with Gasteiger partial charge in [0.05, 0.1) is 5.69 Å². The van der Waals surface area contributed by atoms with Gasteiger partial charge in [0.15, 0.2) is 0 Å². The second-order valence-electron chi connectivity index (χ2n) is 6.27. The van der Waals surface area contributed by atoms with E-state index in [1.165, 1.54) is 30.1 Å². The molecule has 1 aromatic rings. The minimum absolute atomic E-state index is 0.694. The maximum atomic E-state index is 4.77. The lowest BCUT2D eigenvalue weighted by Gasteiger charge is -2.24. The summed E-state index contributed by atoms with van der Waals surface area (Å²) in [6, 6.07) is 0. The Hall–Kier alpha value is -0.450. The van der Waals surface area contributed by atoms with E-state index in [0.29, 0.717) is 5.92 Å². The Morgan fingerprint density at radius 3 is 2.52 bits per heavy atom. The summed E-state index contributed by atoms with van der Waals surface area (Å²) in [5.41, 5.74) is 1.23. The second-order valence-corrected chi connectivity index (χ2v) is 7.21. The molecule has 0 saturated carbocycles. The highest BCUT2D eigenvalue weighted by molar-refractivity contribution is 7.09. The lowest BCUT2D eigenvalue weighted by atomic mass is 10.0. The Morgan fingerprint density at radius 1 is 1.24 bits per heavy atom. The summed E-state index contributed by atoms with van der Waals surface area (Å²) in [5.74, 6) is 1.51. The van der Waals surface area contributed by atoms with Crippen LogP contribution in [0.3, 0.4) is 0 Å². The largest absolute Gasteiger partial charge is 0.310 e. The van der Waals surface area contributed by atoms with Crippen LogP contribution in [0.2, 0.25) is 0 Å². The molecule has 0 unspecified atom stereocenters. The third-order valence-corrected chi connectivity index (χ3v) is 4.83. The molecule has 0 aliphatic rings. The molecule has 0 atom stereocenters. The minimum Gasteiger partial charge on any atom is -0.310 e. The van der Waals surface area contributed by atoms with E-state index in [1.54, 1.807) is 11.3 Å².